The van der Waals surface area contributed by atoms with Crippen molar-refractivity contribution in [3.63, 3.8) is 0 Å². The van der Waals surface area contributed by atoms with Crippen LogP contribution in [0.1, 0.15) is 0 Å². The average molecular weight is 889 g/mol. The van der Waals surface area contributed by atoms with E-state index in [1.165, 1.54) is 5.56 Å². The van der Waals surface area contributed by atoms with Crippen LogP contribution < -0.4 is 14.5 Å². The molecule has 0 saturated heterocycles. The monoisotopic (exact) mass is 888 g/mol. The maximum atomic E-state index is 6.54. The van der Waals surface area contributed by atoms with Crippen LogP contribution in [0.5, 0.6) is 11.5 Å². The molecule has 0 spiro atoms. The molecule has 0 radical (unpaired) electrons. The first-order chi connectivity index (χ1) is 26.7. The summed E-state index contributed by atoms with van der Waals surface area (Å²) in [6.07, 6.45) is 1.90. The van der Waals surface area contributed by atoms with Gasteiger partial charge in [-0.25, -0.2) is 4.98 Å². The van der Waals surface area contributed by atoms with Gasteiger partial charge in [0.2, 0.25) is 0 Å². The van der Waals surface area contributed by atoms with Crippen LogP contribution in [0.3, 0.4) is 0 Å². The Balaban J connectivity index is 0.00000372. The molecule has 0 N–H and O–H groups in total. The van der Waals surface area contributed by atoms with E-state index in [9.17, 15) is 0 Å². The first-order valence-corrected chi connectivity index (χ1v) is 17.9. The van der Waals surface area contributed by atoms with Gasteiger partial charge in [0.1, 0.15) is 17.0 Å². The number of hydrogen-bond donors (Lipinski definition) is 0. The van der Waals surface area contributed by atoms with Gasteiger partial charge >= 0.3 is 0 Å². The smallest absolute Gasteiger partial charge is 0.140 e. The van der Waals surface area contributed by atoms with Crippen molar-refractivity contribution in [2.24, 2.45) is 0 Å². The van der Waals surface area contributed by atoms with E-state index in [2.05, 4.69) is 136 Å². The number of furan rings is 1. The standard InChI is InChI=1S/C48H29N4O2.Pt/c1-3-12-32(13-4-1)33-22-25-43-45(26-33)50(34-14-5-2-6-15-34)31-51(43)35-16-11-17-36(27-35)53-37-23-24-39-38-18-7-9-20-42(38)52(44(39)28-37)48-29-47-41(30-49-48)40-19-8-10-21-46(40)54-47;/h1-26,29-31H;/q-3;. The summed E-state index contributed by atoms with van der Waals surface area (Å²) in [6.45, 7) is 2.12. The van der Waals surface area contributed by atoms with Gasteiger partial charge < -0.3 is 23.5 Å². The third kappa shape index (κ3) is 5.57. The Morgan fingerprint density at radius 2 is 1.31 bits per heavy atom. The van der Waals surface area contributed by atoms with E-state index >= 15 is 0 Å². The summed E-state index contributed by atoms with van der Waals surface area (Å²) >= 11 is 0. The molecule has 1 aliphatic heterocycles. The van der Waals surface area contributed by atoms with E-state index in [0.29, 0.717) is 11.5 Å². The maximum Gasteiger partial charge on any atom is 0.140 e. The molecule has 11 rings (SSSR count). The molecule has 0 unspecified atom stereocenters. The SMILES string of the molecule is [Pt].[c-]1c(Oc2[c-]c3c(cc2)c2ccccc2n3-c2cc3oc4ccccc4c3cn2)cccc1N1[CH-]N(c2ccccc2)c2cc(-c3ccccc3)ccc21. The molecule has 7 heteroatoms. The zero-order valence-electron chi connectivity index (χ0n) is 29.2. The number of rotatable bonds is 6. The van der Waals surface area contributed by atoms with Gasteiger partial charge in [0, 0.05) is 78.2 Å². The van der Waals surface area contributed by atoms with Crippen molar-refractivity contribution in [1.82, 2.24) is 9.55 Å². The van der Waals surface area contributed by atoms with Gasteiger partial charge in [-0.05, 0) is 52.9 Å². The molecular formula is C48H29N4O2Pt-3. The van der Waals surface area contributed by atoms with E-state index in [-0.39, 0.29) is 21.1 Å². The van der Waals surface area contributed by atoms with Crippen LogP contribution in [0.15, 0.2) is 174 Å². The van der Waals surface area contributed by atoms with Gasteiger partial charge in [0.25, 0.3) is 0 Å². The molecule has 4 heterocycles. The minimum absolute atomic E-state index is 0. The van der Waals surface area contributed by atoms with Crippen LogP contribution in [0.2, 0.25) is 0 Å². The topological polar surface area (TPSA) is 46.7 Å². The minimum atomic E-state index is 0. The fraction of sp³-hybridized carbons (Fsp3) is 0. The van der Waals surface area contributed by atoms with Crippen LogP contribution >= 0.6 is 0 Å². The first-order valence-electron chi connectivity index (χ1n) is 17.9. The van der Waals surface area contributed by atoms with Crippen molar-refractivity contribution < 1.29 is 30.2 Å². The van der Waals surface area contributed by atoms with E-state index in [1.54, 1.807) is 0 Å². The van der Waals surface area contributed by atoms with Gasteiger partial charge in [-0.3, -0.25) is 0 Å². The molecule has 1 aliphatic rings. The molecule has 0 fully saturated rings. The molecule has 10 aromatic rings. The normalized spacial score (nSPS) is 12.4. The third-order valence-electron chi connectivity index (χ3n) is 10.1. The van der Waals surface area contributed by atoms with Crippen molar-refractivity contribution in [3.05, 3.63) is 189 Å². The largest absolute Gasteiger partial charge is 0.509 e. The Hall–Kier alpha value is -6.62. The Morgan fingerprint density at radius 1 is 0.545 bits per heavy atom. The second-order valence-corrected chi connectivity index (χ2v) is 13.3. The van der Waals surface area contributed by atoms with E-state index in [1.807, 2.05) is 66.9 Å². The molecule has 3 aromatic heterocycles. The van der Waals surface area contributed by atoms with Gasteiger partial charge in [-0.15, -0.1) is 48.1 Å². The second kappa shape index (κ2) is 13.3. The number of hydrogen-bond acceptors (Lipinski definition) is 5. The van der Waals surface area contributed by atoms with Crippen LogP contribution in [-0.2, 0) is 21.1 Å². The summed E-state index contributed by atoms with van der Waals surface area (Å²) in [7, 11) is 0. The number of nitrogens with zero attached hydrogens (tertiary/aromatic N) is 4. The molecule has 0 amide bonds. The Kier molecular flexibility index (Phi) is 8.00. The zero-order chi connectivity index (χ0) is 35.6. The quantitative estimate of drug-likeness (QED) is 0.156. The van der Waals surface area contributed by atoms with E-state index in [0.717, 1.165) is 77.9 Å². The van der Waals surface area contributed by atoms with Crippen LogP contribution in [0.4, 0.5) is 22.7 Å². The van der Waals surface area contributed by atoms with E-state index < -0.39 is 0 Å². The zero-order valence-corrected chi connectivity index (χ0v) is 31.4. The number of anilines is 4. The molecule has 55 heavy (non-hydrogen) atoms. The van der Waals surface area contributed by atoms with Crippen molar-refractivity contribution in [1.29, 1.82) is 0 Å². The second-order valence-electron chi connectivity index (χ2n) is 13.3. The van der Waals surface area contributed by atoms with Gasteiger partial charge in [-0.1, -0.05) is 96.5 Å². The van der Waals surface area contributed by atoms with Crippen LogP contribution in [-0.4, -0.2) is 9.55 Å². The van der Waals surface area contributed by atoms with E-state index in [4.69, 9.17) is 14.1 Å². The number of para-hydroxylation sites is 3. The Labute approximate surface area is 331 Å². The Bertz CT molecular complexity index is 3030. The summed E-state index contributed by atoms with van der Waals surface area (Å²) in [5.41, 5.74) is 9.92. The van der Waals surface area contributed by atoms with Crippen molar-refractivity contribution >= 4 is 66.5 Å². The number of benzene rings is 7. The predicted molar refractivity (Wildman–Crippen MR) is 217 cm³/mol. The summed E-state index contributed by atoms with van der Waals surface area (Å²) in [6, 6.07) is 63.1. The fourth-order valence-corrected chi connectivity index (χ4v) is 7.62. The first kappa shape index (κ1) is 33.0. The fourth-order valence-electron chi connectivity index (χ4n) is 7.62. The van der Waals surface area contributed by atoms with Crippen LogP contribution in [0, 0.1) is 18.8 Å². The Morgan fingerprint density at radius 3 is 2.18 bits per heavy atom. The number of aromatic nitrogens is 2. The van der Waals surface area contributed by atoms with Gasteiger partial charge in [-0.2, -0.15) is 12.1 Å². The maximum absolute atomic E-state index is 6.54. The van der Waals surface area contributed by atoms with Crippen molar-refractivity contribution in [2.45, 2.75) is 0 Å². The molecular weight excluding hydrogens is 860 g/mol. The predicted octanol–water partition coefficient (Wildman–Crippen LogP) is 12.5. The summed E-state index contributed by atoms with van der Waals surface area (Å²) in [5.74, 6) is 1.91. The number of ether oxygens (including phenoxy) is 1. The molecule has 0 aliphatic carbocycles. The third-order valence-corrected chi connectivity index (χ3v) is 10.1. The summed E-state index contributed by atoms with van der Waals surface area (Å²) < 4.78 is 14.9. The molecule has 0 atom stereocenters. The molecule has 0 bridgehead atoms. The number of pyridine rings is 1. The molecule has 266 valence electrons. The van der Waals surface area contributed by atoms with Crippen molar-refractivity contribution in [2.75, 3.05) is 9.80 Å². The van der Waals surface area contributed by atoms with Crippen molar-refractivity contribution in [3.8, 4) is 28.4 Å². The molecule has 0 saturated carbocycles. The van der Waals surface area contributed by atoms with Crippen LogP contribution in [0.25, 0.3) is 60.7 Å². The van der Waals surface area contributed by atoms with Gasteiger partial charge in [0.05, 0.1) is 0 Å². The average Bonchev–Trinajstić information content (AvgIpc) is 3.90. The minimum Gasteiger partial charge on any atom is -0.509 e. The number of fused-ring (bicyclic) bond motifs is 7. The summed E-state index contributed by atoms with van der Waals surface area (Å²) in [4.78, 5) is 9.32. The summed E-state index contributed by atoms with van der Waals surface area (Å²) in [5, 5.41) is 4.20. The molecule has 7 aromatic carbocycles. The van der Waals surface area contributed by atoms with Gasteiger partial charge in [0.15, 0.2) is 0 Å². The molecule has 6 nitrogen and oxygen atoms in total.